The Morgan fingerprint density at radius 1 is 1.09 bits per heavy atom. The van der Waals surface area contributed by atoms with Gasteiger partial charge in [-0.05, 0) is 43.9 Å². The Labute approximate surface area is 143 Å². The van der Waals surface area contributed by atoms with E-state index in [2.05, 4.69) is 39.0 Å². The van der Waals surface area contributed by atoms with Gasteiger partial charge in [-0.2, -0.15) is 0 Å². The first kappa shape index (κ1) is 20.0. The maximum atomic E-state index is 10.0. The van der Waals surface area contributed by atoms with Crippen molar-refractivity contribution in [3.63, 3.8) is 0 Å². The molecule has 0 heterocycles. The van der Waals surface area contributed by atoms with Crippen LogP contribution in [-0.2, 0) is 6.42 Å². The minimum atomic E-state index is -0.244. The minimum Gasteiger partial charge on any atom is -0.399 e. The van der Waals surface area contributed by atoms with Crippen LogP contribution in [0.2, 0.25) is 0 Å². The number of unbranched alkanes of at least 4 members (excludes halogenated alkanes) is 2. The molecule has 1 unspecified atom stereocenters. The Morgan fingerprint density at radius 3 is 2.17 bits per heavy atom. The maximum Gasteiger partial charge on any atom is 0.105 e. The molecule has 1 aromatic rings. The van der Waals surface area contributed by atoms with Crippen LogP contribution in [-0.4, -0.2) is 41.9 Å². The van der Waals surface area contributed by atoms with Crippen molar-refractivity contribution in [2.24, 2.45) is 0 Å². The van der Waals surface area contributed by atoms with Crippen molar-refractivity contribution in [1.82, 2.24) is 0 Å². The van der Waals surface area contributed by atoms with Crippen molar-refractivity contribution in [3.05, 3.63) is 29.3 Å². The summed E-state index contributed by atoms with van der Waals surface area (Å²) in [5.41, 5.74) is 9.41. The van der Waals surface area contributed by atoms with Crippen LogP contribution < -0.4 is 5.73 Å². The number of quaternary nitrogens is 1. The lowest BCUT2D eigenvalue weighted by Gasteiger charge is -2.40. The highest BCUT2D eigenvalue weighted by molar-refractivity contribution is 5.48. The fourth-order valence-electron chi connectivity index (χ4n) is 3.37. The third-order valence-electron chi connectivity index (χ3n) is 4.84. The minimum absolute atomic E-state index is 0.244. The van der Waals surface area contributed by atoms with E-state index in [-0.39, 0.29) is 6.10 Å². The summed E-state index contributed by atoms with van der Waals surface area (Å²) in [5.74, 6) is 0. The molecule has 3 nitrogen and oxygen atoms in total. The lowest BCUT2D eigenvalue weighted by atomic mass is 10.1. The number of benzene rings is 1. The van der Waals surface area contributed by atoms with Crippen LogP contribution in [0.25, 0.3) is 0 Å². The summed E-state index contributed by atoms with van der Waals surface area (Å²) < 4.78 is 1.03. The number of aliphatic hydroxyl groups excluding tert-OH is 1. The van der Waals surface area contributed by atoms with Gasteiger partial charge in [-0.3, -0.25) is 0 Å². The van der Waals surface area contributed by atoms with Gasteiger partial charge in [-0.15, -0.1) is 0 Å². The third-order valence-corrected chi connectivity index (χ3v) is 4.84. The van der Waals surface area contributed by atoms with E-state index in [0.717, 1.165) is 35.2 Å². The Balaban J connectivity index is 2.84. The maximum absolute atomic E-state index is 10.0. The lowest BCUT2D eigenvalue weighted by Crippen LogP contribution is -2.54. The van der Waals surface area contributed by atoms with E-state index in [1.807, 2.05) is 6.92 Å². The summed E-state index contributed by atoms with van der Waals surface area (Å²) in [4.78, 5) is 0. The molecule has 0 saturated carbocycles. The molecule has 1 aromatic carbocycles. The summed E-state index contributed by atoms with van der Waals surface area (Å²) in [6, 6.07) is 6.43. The summed E-state index contributed by atoms with van der Waals surface area (Å²) in [7, 11) is 0. The zero-order valence-corrected chi connectivity index (χ0v) is 15.6. The lowest BCUT2D eigenvalue weighted by molar-refractivity contribution is -0.931. The van der Waals surface area contributed by atoms with E-state index in [0.29, 0.717) is 0 Å². The average molecular weight is 322 g/mol. The summed E-state index contributed by atoms with van der Waals surface area (Å²) in [5, 5.41) is 10.0. The van der Waals surface area contributed by atoms with E-state index in [1.165, 1.54) is 44.3 Å². The fourth-order valence-corrected chi connectivity index (χ4v) is 3.37. The molecule has 0 fully saturated rings. The zero-order chi connectivity index (χ0) is 17.3. The molecule has 1 atom stereocenters. The number of anilines is 1. The Kier molecular flexibility index (Phi) is 8.64. The SMILES string of the molecule is CCCC[N+](CCCC)(CCc1ccc(C)c(N)c1)CC(C)O. The molecule has 0 aliphatic rings. The highest BCUT2D eigenvalue weighted by Gasteiger charge is 2.28. The van der Waals surface area contributed by atoms with E-state index < -0.39 is 0 Å². The van der Waals surface area contributed by atoms with Crippen LogP contribution in [0, 0.1) is 6.92 Å². The van der Waals surface area contributed by atoms with Crippen molar-refractivity contribution in [3.8, 4) is 0 Å². The molecule has 0 aromatic heterocycles. The van der Waals surface area contributed by atoms with E-state index >= 15 is 0 Å². The average Bonchev–Trinajstić information content (AvgIpc) is 2.51. The molecule has 132 valence electrons. The highest BCUT2D eigenvalue weighted by Crippen LogP contribution is 2.18. The number of nitrogen functional groups attached to an aromatic ring is 1. The van der Waals surface area contributed by atoms with Crippen LogP contribution in [0.15, 0.2) is 18.2 Å². The van der Waals surface area contributed by atoms with Crippen LogP contribution in [0.3, 0.4) is 0 Å². The number of hydrogen-bond donors (Lipinski definition) is 2. The largest absolute Gasteiger partial charge is 0.399 e. The molecule has 0 aliphatic carbocycles. The van der Waals surface area contributed by atoms with Gasteiger partial charge in [0.1, 0.15) is 12.6 Å². The molecular formula is C20H37N2O+. The topological polar surface area (TPSA) is 46.2 Å². The predicted octanol–water partition coefficient (Wildman–Crippen LogP) is 3.92. The first-order chi connectivity index (χ1) is 10.9. The second kappa shape index (κ2) is 9.94. The van der Waals surface area contributed by atoms with E-state index in [9.17, 15) is 5.11 Å². The Hall–Kier alpha value is -1.06. The molecule has 23 heavy (non-hydrogen) atoms. The monoisotopic (exact) mass is 321 g/mol. The van der Waals surface area contributed by atoms with Crippen molar-refractivity contribution in [2.75, 3.05) is 31.9 Å². The quantitative estimate of drug-likeness (QED) is 0.479. The van der Waals surface area contributed by atoms with Crippen molar-refractivity contribution >= 4 is 5.69 Å². The molecule has 0 spiro atoms. The van der Waals surface area contributed by atoms with Gasteiger partial charge in [0.2, 0.25) is 0 Å². The molecule has 0 radical (unpaired) electrons. The smallest absolute Gasteiger partial charge is 0.105 e. The van der Waals surface area contributed by atoms with Crippen molar-refractivity contribution in [1.29, 1.82) is 0 Å². The first-order valence-corrected chi connectivity index (χ1v) is 9.30. The van der Waals surface area contributed by atoms with E-state index in [4.69, 9.17) is 5.73 Å². The molecule has 0 aliphatic heterocycles. The number of nitrogens with zero attached hydrogens (tertiary/aromatic N) is 1. The number of rotatable bonds is 11. The van der Waals surface area contributed by atoms with Crippen LogP contribution in [0.5, 0.6) is 0 Å². The summed E-state index contributed by atoms with van der Waals surface area (Å²) in [6.07, 6.45) is 5.67. The standard InChI is InChI=1S/C20H37N2O/c1-5-7-12-22(13-8-6-2,16-18(4)23)14-11-19-10-9-17(3)20(21)15-19/h9-10,15,18,23H,5-8,11-14,16,21H2,1-4H3/q+1. The zero-order valence-electron chi connectivity index (χ0n) is 15.6. The Morgan fingerprint density at radius 2 is 1.70 bits per heavy atom. The van der Waals surface area contributed by atoms with Crippen LogP contribution in [0.4, 0.5) is 5.69 Å². The predicted molar refractivity (Wildman–Crippen MR) is 101 cm³/mol. The third kappa shape index (κ3) is 6.92. The first-order valence-electron chi connectivity index (χ1n) is 9.30. The molecule has 3 N–H and O–H groups in total. The van der Waals surface area contributed by atoms with Gasteiger partial charge in [-0.25, -0.2) is 0 Å². The molecule has 1 rings (SSSR count). The van der Waals surface area contributed by atoms with Gasteiger partial charge in [0, 0.05) is 12.1 Å². The fraction of sp³-hybridized carbons (Fsp3) is 0.700. The van der Waals surface area contributed by atoms with Crippen LogP contribution in [0.1, 0.15) is 57.6 Å². The van der Waals surface area contributed by atoms with Crippen molar-refractivity contribution in [2.45, 2.75) is 65.9 Å². The summed E-state index contributed by atoms with van der Waals surface area (Å²) >= 11 is 0. The molecule has 0 amide bonds. The number of nitrogens with two attached hydrogens (primary N) is 1. The number of aryl methyl sites for hydroxylation is 1. The van der Waals surface area contributed by atoms with Gasteiger partial charge >= 0.3 is 0 Å². The second-order valence-electron chi connectivity index (χ2n) is 7.19. The van der Waals surface area contributed by atoms with Crippen molar-refractivity contribution < 1.29 is 9.59 Å². The molecule has 0 bridgehead atoms. The molecule has 3 heteroatoms. The Bertz CT molecular complexity index is 449. The van der Waals surface area contributed by atoms with Gasteiger partial charge in [0.15, 0.2) is 0 Å². The van der Waals surface area contributed by atoms with Gasteiger partial charge < -0.3 is 15.3 Å². The van der Waals surface area contributed by atoms with E-state index in [1.54, 1.807) is 0 Å². The second-order valence-corrected chi connectivity index (χ2v) is 7.19. The number of aliphatic hydroxyl groups is 1. The summed E-state index contributed by atoms with van der Waals surface area (Å²) in [6.45, 7) is 12.8. The number of hydrogen-bond acceptors (Lipinski definition) is 2. The van der Waals surface area contributed by atoms with Crippen LogP contribution >= 0.6 is 0 Å². The van der Waals surface area contributed by atoms with Gasteiger partial charge in [-0.1, -0.05) is 38.8 Å². The highest BCUT2D eigenvalue weighted by atomic mass is 16.3. The van der Waals surface area contributed by atoms with Gasteiger partial charge in [0.25, 0.3) is 0 Å². The molecule has 0 saturated heterocycles. The normalized spacial score (nSPS) is 13.3. The molecular weight excluding hydrogens is 284 g/mol. The van der Waals surface area contributed by atoms with Gasteiger partial charge in [0.05, 0.1) is 19.6 Å².